The van der Waals surface area contributed by atoms with Gasteiger partial charge in [-0.05, 0) is 36.7 Å². The van der Waals surface area contributed by atoms with Crippen LogP contribution in [0.2, 0.25) is 0 Å². The highest BCUT2D eigenvalue weighted by atomic mass is 32.1. The molecule has 0 radical (unpaired) electrons. The Morgan fingerprint density at radius 3 is 2.48 bits per heavy atom. The third kappa shape index (κ3) is 4.38. The molecule has 1 N–H and O–H groups in total. The second-order valence-corrected chi connectivity index (χ2v) is 6.67. The second kappa shape index (κ2) is 8.65. The first-order chi connectivity index (χ1) is 12.3. The number of thiazole rings is 1. The molecule has 0 aliphatic rings. The fraction of sp³-hybridized carbons (Fsp3) is 0.250. The first-order valence-electron chi connectivity index (χ1n) is 8.22. The molecule has 2 aromatic carbocycles. The Balaban J connectivity index is 1.56. The van der Waals surface area contributed by atoms with E-state index in [9.17, 15) is 0 Å². The zero-order valence-electron chi connectivity index (χ0n) is 14.5. The molecule has 130 valence electrons. The van der Waals surface area contributed by atoms with Gasteiger partial charge in [-0.15, -0.1) is 11.3 Å². The topological polar surface area (TPSA) is 43.4 Å². The molecule has 0 spiro atoms. The summed E-state index contributed by atoms with van der Waals surface area (Å²) in [5, 5.41) is 4.53. The quantitative estimate of drug-likeness (QED) is 0.617. The van der Waals surface area contributed by atoms with Gasteiger partial charge in [-0.2, -0.15) is 0 Å². The molecule has 0 saturated heterocycles. The molecule has 0 atom stereocenters. The van der Waals surface area contributed by atoms with Crippen molar-refractivity contribution in [2.24, 2.45) is 0 Å². The summed E-state index contributed by atoms with van der Waals surface area (Å²) in [6, 6.07) is 16.2. The van der Waals surface area contributed by atoms with Gasteiger partial charge in [0.05, 0.1) is 19.1 Å². The number of para-hydroxylation sites is 2. The molecule has 25 heavy (non-hydrogen) atoms. The minimum absolute atomic E-state index is 0.759. The van der Waals surface area contributed by atoms with Crippen LogP contribution in [0.25, 0.3) is 10.4 Å². The maximum atomic E-state index is 5.43. The van der Waals surface area contributed by atoms with Crippen molar-refractivity contribution in [3.05, 3.63) is 65.3 Å². The number of aromatic nitrogens is 1. The molecule has 0 unspecified atom stereocenters. The first-order valence-corrected chi connectivity index (χ1v) is 9.04. The first kappa shape index (κ1) is 17.5. The zero-order chi connectivity index (χ0) is 17.5. The molecular formula is C20H22N2O2S. The molecular weight excluding hydrogens is 332 g/mol. The minimum Gasteiger partial charge on any atom is -0.496 e. The van der Waals surface area contributed by atoms with Crippen LogP contribution < -0.4 is 14.8 Å². The second-order valence-electron chi connectivity index (χ2n) is 5.56. The van der Waals surface area contributed by atoms with Gasteiger partial charge in [0.2, 0.25) is 0 Å². The van der Waals surface area contributed by atoms with E-state index in [0.717, 1.165) is 46.5 Å². The largest absolute Gasteiger partial charge is 0.496 e. The maximum Gasteiger partial charge on any atom is 0.127 e. The van der Waals surface area contributed by atoms with Crippen LogP contribution in [0.1, 0.15) is 10.6 Å². The fourth-order valence-corrected chi connectivity index (χ4v) is 3.61. The molecule has 5 heteroatoms. The van der Waals surface area contributed by atoms with Gasteiger partial charge in [0.15, 0.2) is 0 Å². The van der Waals surface area contributed by atoms with E-state index in [-0.39, 0.29) is 0 Å². The third-order valence-electron chi connectivity index (χ3n) is 3.97. The maximum absolute atomic E-state index is 5.43. The van der Waals surface area contributed by atoms with E-state index in [1.165, 1.54) is 5.56 Å². The molecule has 4 nitrogen and oxygen atoms in total. The van der Waals surface area contributed by atoms with E-state index in [2.05, 4.69) is 22.4 Å². The summed E-state index contributed by atoms with van der Waals surface area (Å²) in [5.41, 5.74) is 2.30. The Hall–Kier alpha value is -2.37. The molecule has 0 aliphatic heterocycles. The number of methoxy groups -OCH3 is 2. The smallest absolute Gasteiger partial charge is 0.127 e. The molecule has 0 fully saturated rings. The lowest BCUT2D eigenvalue weighted by Gasteiger charge is -2.08. The van der Waals surface area contributed by atoms with Crippen molar-refractivity contribution in [3.8, 4) is 21.9 Å². The van der Waals surface area contributed by atoms with Gasteiger partial charge in [-0.1, -0.05) is 30.3 Å². The highest BCUT2D eigenvalue weighted by molar-refractivity contribution is 7.15. The van der Waals surface area contributed by atoms with Gasteiger partial charge < -0.3 is 14.8 Å². The Morgan fingerprint density at radius 2 is 1.68 bits per heavy atom. The monoisotopic (exact) mass is 354 g/mol. The van der Waals surface area contributed by atoms with E-state index in [1.807, 2.05) is 42.6 Å². The lowest BCUT2D eigenvalue weighted by atomic mass is 10.1. The number of benzene rings is 2. The number of rotatable bonds is 8. The van der Waals surface area contributed by atoms with Crippen LogP contribution in [0.5, 0.6) is 11.5 Å². The third-order valence-corrected chi connectivity index (χ3v) is 5.00. The summed E-state index contributed by atoms with van der Waals surface area (Å²) in [6.45, 7) is 1.64. The van der Waals surface area contributed by atoms with Crippen LogP contribution >= 0.6 is 11.3 Å². The van der Waals surface area contributed by atoms with Crippen LogP contribution in [0.15, 0.2) is 54.7 Å². The summed E-state index contributed by atoms with van der Waals surface area (Å²) >= 11 is 1.69. The standard InChI is InChI=1S/C20H22N2O2S/c1-23-17-9-5-3-7-15(17)11-12-21-14-20-22-13-19(25-20)16-8-4-6-10-18(16)24-2/h3-10,13,21H,11-12,14H2,1-2H3. The Bertz CT molecular complexity index is 817. The SMILES string of the molecule is COc1ccccc1CCNCc1ncc(-c2ccccc2OC)s1. The van der Waals surface area contributed by atoms with Crippen LogP contribution in [-0.4, -0.2) is 25.7 Å². The fourth-order valence-electron chi connectivity index (χ4n) is 2.69. The van der Waals surface area contributed by atoms with Crippen molar-refractivity contribution in [1.82, 2.24) is 10.3 Å². The summed E-state index contributed by atoms with van der Waals surface area (Å²) in [6.07, 6.45) is 2.84. The van der Waals surface area contributed by atoms with E-state index in [4.69, 9.17) is 9.47 Å². The van der Waals surface area contributed by atoms with Gasteiger partial charge >= 0.3 is 0 Å². The number of nitrogens with zero attached hydrogens (tertiary/aromatic N) is 1. The predicted octanol–water partition coefficient (Wildman–Crippen LogP) is 4.16. The zero-order valence-corrected chi connectivity index (χ0v) is 15.3. The van der Waals surface area contributed by atoms with Gasteiger partial charge in [0.25, 0.3) is 0 Å². The van der Waals surface area contributed by atoms with Crippen molar-refractivity contribution in [1.29, 1.82) is 0 Å². The molecule has 0 aliphatic carbocycles. The van der Waals surface area contributed by atoms with Crippen molar-refractivity contribution in [2.75, 3.05) is 20.8 Å². The van der Waals surface area contributed by atoms with E-state index in [0.29, 0.717) is 0 Å². The summed E-state index contributed by atoms with van der Waals surface area (Å²) < 4.78 is 10.8. The lowest BCUT2D eigenvalue weighted by Crippen LogP contribution is -2.16. The van der Waals surface area contributed by atoms with E-state index >= 15 is 0 Å². The highest BCUT2D eigenvalue weighted by Gasteiger charge is 2.09. The summed E-state index contributed by atoms with van der Waals surface area (Å²) in [4.78, 5) is 5.65. The summed E-state index contributed by atoms with van der Waals surface area (Å²) in [5.74, 6) is 1.82. The number of ether oxygens (including phenoxy) is 2. The summed E-state index contributed by atoms with van der Waals surface area (Å²) in [7, 11) is 3.40. The van der Waals surface area contributed by atoms with Crippen LogP contribution in [0, 0.1) is 0 Å². The highest BCUT2D eigenvalue weighted by Crippen LogP contribution is 2.33. The van der Waals surface area contributed by atoms with E-state index < -0.39 is 0 Å². The van der Waals surface area contributed by atoms with Crippen molar-refractivity contribution in [2.45, 2.75) is 13.0 Å². The number of nitrogens with one attached hydrogen (secondary N) is 1. The minimum atomic E-state index is 0.759. The lowest BCUT2D eigenvalue weighted by molar-refractivity contribution is 0.409. The van der Waals surface area contributed by atoms with Crippen molar-refractivity contribution < 1.29 is 9.47 Å². The van der Waals surface area contributed by atoms with Gasteiger partial charge in [0, 0.05) is 18.3 Å². The predicted molar refractivity (Wildman–Crippen MR) is 103 cm³/mol. The van der Waals surface area contributed by atoms with Crippen LogP contribution in [0.4, 0.5) is 0 Å². The molecule has 0 bridgehead atoms. The molecule has 0 saturated carbocycles. The van der Waals surface area contributed by atoms with Crippen molar-refractivity contribution in [3.63, 3.8) is 0 Å². The number of hydrogen-bond donors (Lipinski definition) is 1. The Morgan fingerprint density at radius 1 is 0.960 bits per heavy atom. The van der Waals surface area contributed by atoms with Gasteiger partial charge in [-0.25, -0.2) is 4.98 Å². The average Bonchev–Trinajstić information content (AvgIpc) is 3.14. The van der Waals surface area contributed by atoms with Crippen molar-refractivity contribution >= 4 is 11.3 Å². The molecule has 3 aromatic rings. The Kier molecular flexibility index (Phi) is 6.04. The molecule has 0 amide bonds. The van der Waals surface area contributed by atoms with Crippen LogP contribution in [0.3, 0.4) is 0 Å². The molecule has 3 rings (SSSR count). The van der Waals surface area contributed by atoms with Gasteiger partial charge in [-0.3, -0.25) is 0 Å². The van der Waals surface area contributed by atoms with Gasteiger partial charge in [0.1, 0.15) is 16.5 Å². The normalized spacial score (nSPS) is 10.6. The molecule has 1 heterocycles. The molecule has 1 aromatic heterocycles. The van der Waals surface area contributed by atoms with E-state index in [1.54, 1.807) is 25.6 Å². The Labute approximate surface area is 152 Å². The van der Waals surface area contributed by atoms with Crippen LogP contribution in [-0.2, 0) is 13.0 Å². The average molecular weight is 354 g/mol. The number of hydrogen-bond acceptors (Lipinski definition) is 5.